The molecule has 0 saturated heterocycles. The molecule has 2 aromatic carbocycles. The Balaban J connectivity index is 1.52. The molecule has 7 heteroatoms. The van der Waals surface area contributed by atoms with Gasteiger partial charge in [-0.3, -0.25) is 10.7 Å². The zero-order chi connectivity index (χ0) is 22.9. The fourth-order valence-corrected chi connectivity index (χ4v) is 4.24. The summed E-state index contributed by atoms with van der Waals surface area (Å²) in [5.74, 6) is 0.743. The van der Waals surface area contributed by atoms with Crippen LogP contribution in [0.15, 0.2) is 66.9 Å². The van der Waals surface area contributed by atoms with Crippen LogP contribution in [0, 0.1) is 5.41 Å². The Labute approximate surface area is 188 Å². The second-order valence-corrected chi connectivity index (χ2v) is 9.39. The molecule has 0 radical (unpaired) electrons. The molecule has 0 aliphatic carbocycles. The Bertz CT molecular complexity index is 1120. The zero-order valence-corrected chi connectivity index (χ0v) is 18.9. The first-order chi connectivity index (χ1) is 15.2. The third kappa shape index (κ3) is 4.23. The highest BCUT2D eigenvalue weighted by Crippen LogP contribution is 2.39. The number of hydrogen-bond donors (Lipinski definition) is 4. The summed E-state index contributed by atoms with van der Waals surface area (Å²) in [5.41, 5.74) is 1.91. The molecule has 2 amide bonds. The first kappa shape index (κ1) is 21.6. The van der Waals surface area contributed by atoms with Crippen molar-refractivity contribution in [3.05, 3.63) is 83.6 Å². The van der Waals surface area contributed by atoms with Crippen LogP contribution in [0.5, 0.6) is 0 Å². The van der Waals surface area contributed by atoms with Gasteiger partial charge in [-0.1, -0.05) is 60.7 Å². The summed E-state index contributed by atoms with van der Waals surface area (Å²) >= 11 is 0. The van der Waals surface area contributed by atoms with Crippen molar-refractivity contribution in [2.24, 2.45) is 0 Å². The minimum absolute atomic E-state index is 0.00428. The average molecular weight is 431 g/mol. The molecule has 1 aliphatic heterocycles. The summed E-state index contributed by atoms with van der Waals surface area (Å²) < 4.78 is 1.91. The fraction of sp³-hybridized carbons (Fsp3) is 0.320. The van der Waals surface area contributed by atoms with Gasteiger partial charge < -0.3 is 10.6 Å². The molecule has 1 aliphatic rings. The fourth-order valence-electron chi connectivity index (χ4n) is 4.24. The number of anilines is 1. The van der Waals surface area contributed by atoms with Crippen LogP contribution >= 0.6 is 0 Å². The predicted molar refractivity (Wildman–Crippen MR) is 127 cm³/mol. The Hall–Kier alpha value is -3.61. The van der Waals surface area contributed by atoms with Gasteiger partial charge in [-0.05, 0) is 45.2 Å². The summed E-state index contributed by atoms with van der Waals surface area (Å²) in [5, 5.41) is 22.3. The van der Waals surface area contributed by atoms with Crippen LogP contribution in [0.2, 0.25) is 0 Å². The van der Waals surface area contributed by atoms with Crippen LogP contribution in [0.1, 0.15) is 56.8 Å². The lowest BCUT2D eigenvalue weighted by atomic mass is 9.89. The minimum atomic E-state index is -0.581. The molecule has 0 bridgehead atoms. The molecule has 0 spiro atoms. The van der Waals surface area contributed by atoms with Gasteiger partial charge in [0.15, 0.2) is 0 Å². The van der Waals surface area contributed by atoms with Gasteiger partial charge in [-0.2, -0.15) is 5.10 Å². The number of fused-ring (bicyclic) bond motifs is 1. The number of urea groups is 1. The van der Waals surface area contributed by atoms with Crippen molar-refractivity contribution in [3.63, 3.8) is 0 Å². The van der Waals surface area contributed by atoms with E-state index in [1.165, 1.54) is 5.56 Å². The monoisotopic (exact) mass is 430 g/mol. The summed E-state index contributed by atoms with van der Waals surface area (Å²) in [6.45, 7) is 8.14. The Morgan fingerprint density at radius 3 is 2.41 bits per heavy atom. The number of nitrogens with one attached hydrogen (secondary N) is 4. The summed E-state index contributed by atoms with van der Waals surface area (Å²) in [6, 6.07) is 19.7. The van der Waals surface area contributed by atoms with Crippen molar-refractivity contribution in [2.45, 2.75) is 51.2 Å². The van der Waals surface area contributed by atoms with Crippen molar-refractivity contribution < 1.29 is 4.79 Å². The van der Waals surface area contributed by atoms with Gasteiger partial charge in [0.2, 0.25) is 0 Å². The van der Waals surface area contributed by atoms with E-state index in [1.807, 2.05) is 67.1 Å². The molecular weight excluding hydrogens is 400 g/mol. The molecular formula is C25H30N6O. The molecule has 4 rings (SSSR count). The molecule has 166 valence electrons. The summed E-state index contributed by atoms with van der Waals surface area (Å²) in [7, 11) is 0. The van der Waals surface area contributed by atoms with Crippen LogP contribution in [-0.4, -0.2) is 21.6 Å². The third-order valence-corrected chi connectivity index (χ3v) is 5.99. The predicted octanol–water partition coefficient (Wildman–Crippen LogP) is 4.73. The first-order valence-electron chi connectivity index (χ1n) is 10.8. The second-order valence-electron chi connectivity index (χ2n) is 9.39. The highest BCUT2D eigenvalue weighted by molar-refractivity contribution is 6.08. The van der Waals surface area contributed by atoms with Crippen LogP contribution in [0.4, 0.5) is 10.6 Å². The van der Waals surface area contributed by atoms with E-state index in [2.05, 4.69) is 47.0 Å². The van der Waals surface area contributed by atoms with Crippen molar-refractivity contribution in [2.75, 3.05) is 5.32 Å². The van der Waals surface area contributed by atoms with E-state index in [0.29, 0.717) is 5.56 Å². The van der Waals surface area contributed by atoms with E-state index in [0.717, 1.165) is 17.8 Å². The maximum absolute atomic E-state index is 12.7. The standard InChI is InChI=1S/C25H30N6O/c1-24(2)15-20(17-11-7-5-8-12-17)28-22-19(16-27-31(22)24)21(26)29-23(32)30-25(3,4)18-13-9-6-10-14-18/h5-14,16,20,28H,15H2,1-4H3,(H3,26,29,30,32). The lowest BCUT2D eigenvalue weighted by molar-refractivity contribution is 0.234. The smallest absolute Gasteiger partial charge is 0.321 e. The van der Waals surface area contributed by atoms with Gasteiger partial charge >= 0.3 is 6.03 Å². The second kappa shape index (κ2) is 8.15. The SMILES string of the molecule is CC(C)(NC(=O)NC(=N)c1cnn2c1NC(c1ccccc1)CC2(C)C)c1ccccc1. The van der Waals surface area contributed by atoms with E-state index >= 15 is 0 Å². The minimum Gasteiger partial charge on any atom is -0.363 e. The van der Waals surface area contributed by atoms with Gasteiger partial charge in [0.25, 0.3) is 0 Å². The Kier molecular flexibility index (Phi) is 5.50. The Morgan fingerprint density at radius 2 is 1.75 bits per heavy atom. The van der Waals surface area contributed by atoms with Gasteiger partial charge in [-0.15, -0.1) is 0 Å². The van der Waals surface area contributed by atoms with Crippen molar-refractivity contribution in [3.8, 4) is 0 Å². The Morgan fingerprint density at radius 1 is 1.12 bits per heavy atom. The summed E-state index contributed by atoms with van der Waals surface area (Å²) in [4.78, 5) is 12.7. The quantitative estimate of drug-likeness (QED) is 0.356. The average Bonchev–Trinajstić information content (AvgIpc) is 3.19. The molecule has 1 atom stereocenters. The topological polar surface area (TPSA) is 94.8 Å². The maximum atomic E-state index is 12.7. The highest BCUT2D eigenvalue weighted by atomic mass is 16.2. The third-order valence-electron chi connectivity index (χ3n) is 5.99. The van der Waals surface area contributed by atoms with Gasteiger partial charge in [0.1, 0.15) is 11.7 Å². The van der Waals surface area contributed by atoms with Crippen LogP contribution < -0.4 is 16.0 Å². The van der Waals surface area contributed by atoms with Gasteiger partial charge in [0.05, 0.1) is 28.9 Å². The number of amidine groups is 1. The zero-order valence-electron chi connectivity index (χ0n) is 18.9. The largest absolute Gasteiger partial charge is 0.363 e. The molecule has 0 fully saturated rings. The van der Waals surface area contributed by atoms with Crippen LogP contribution in [0.3, 0.4) is 0 Å². The van der Waals surface area contributed by atoms with Gasteiger partial charge in [0, 0.05) is 0 Å². The number of carbonyl (C=O) groups excluding carboxylic acids is 1. The van der Waals surface area contributed by atoms with Crippen LogP contribution in [-0.2, 0) is 11.1 Å². The molecule has 0 saturated carbocycles. The lowest BCUT2D eigenvalue weighted by Gasteiger charge is -2.38. The number of nitrogens with zero attached hydrogens (tertiary/aromatic N) is 2. The molecule has 4 N–H and O–H groups in total. The molecule has 32 heavy (non-hydrogen) atoms. The van der Waals surface area contributed by atoms with Gasteiger partial charge in [-0.25, -0.2) is 9.48 Å². The first-order valence-corrected chi connectivity index (χ1v) is 10.8. The van der Waals surface area contributed by atoms with Crippen LogP contribution in [0.25, 0.3) is 0 Å². The van der Waals surface area contributed by atoms with Crippen molar-refractivity contribution in [1.82, 2.24) is 20.4 Å². The van der Waals surface area contributed by atoms with E-state index < -0.39 is 11.6 Å². The number of benzene rings is 2. The molecule has 1 aromatic heterocycles. The normalized spacial score (nSPS) is 17.1. The summed E-state index contributed by atoms with van der Waals surface area (Å²) in [6.07, 6.45) is 2.50. The molecule has 7 nitrogen and oxygen atoms in total. The van der Waals surface area contributed by atoms with E-state index in [-0.39, 0.29) is 17.4 Å². The molecule has 2 heterocycles. The van der Waals surface area contributed by atoms with E-state index in [1.54, 1.807) is 6.20 Å². The van der Waals surface area contributed by atoms with E-state index in [4.69, 9.17) is 5.41 Å². The van der Waals surface area contributed by atoms with Crippen molar-refractivity contribution >= 4 is 17.7 Å². The molecule has 3 aromatic rings. The number of hydrogen-bond acceptors (Lipinski definition) is 4. The number of amides is 2. The molecule has 1 unspecified atom stereocenters. The number of carbonyl (C=O) groups is 1. The lowest BCUT2D eigenvalue weighted by Crippen LogP contribution is -2.48. The number of rotatable bonds is 4. The number of aromatic nitrogens is 2. The van der Waals surface area contributed by atoms with E-state index in [9.17, 15) is 4.79 Å². The maximum Gasteiger partial charge on any atom is 0.321 e. The van der Waals surface area contributed by atoms with Crippen molar-refractivity contribution in [1.29, 1.82) is 5.41 Å². The highest BCUT2D eigenvalue weighted by Gasteiger charge is 2.36.